The molecule has 1 heterocycles. The summed E-state index contributed by atoms with van der Waals surface area (Å²) in [5.41, 5.74) is 1.06. The molecule has 32 heavy (non-hydrogen) atoms. The second-order valence-corrected chi connectivity index (χ2v) is 8.00. The van der Waals surface area contributed by atoms with Gasteiger partial charge in [0.25, 0.3) is 0 Å². The Bertz CT molecular complexity index is 924. The molecule has 1 fully saturated rings. The highest BCUT2D eigenvalue weighted by Gasteiger charge is 2.44. The summed E-state index contributed by atoms with van der Waals surface area (Å²) >= 11 is 5.76. The zero-order chi connectivity index (χ0) is 23.3. The van der Waals surface area contributed by atoms with Crippen LogP contribution in [0.1, 0.15) is 24.3 Å². The fourth-order valence-electron chi connectivity index (χ4n) is 3.68. The van der Waals surface area contributed by atoms with E-state index in [1.54, 1.807) is 17.0 Å². The van der Waals surface area contributed by atoms with Crippen LogP contribution in [0.2, 0.25) is 5.02 Å². The molecule has 0 bridgehead atoms. The van der Waals surface area contributed by atoms with Gasteiger partial charge in [0.15, 0.2) is 11.6 Å². The maximum atomic E-state index is 13.7. The van der Waals surface area contributed by atoms with E-state index in [1.807, 2.05) is 0 Å². The second-order valence-electron chi connectivity index (χ2n) is 7.56. The van der Waals surface area contributed by atoms with Crippen molar-refractivity contribution in [1.29, 1.82) is 0 Å². The summed E-state index contributed by atoms with van der Waals surface area (Å²) < 4.78 is 64.2. The first-order valence-corrected chi connectivity index (χ1v) is 10.4. The molecular weight excluding hydrogens is 452 g/mol. The lowest BCUT2D eigenvalue weighted by Crippen LogP contribution is -2.47. The number of anilines is 1. The van der Waals surface area contributed by atoms with Crippen molar-refractivity contribution in [2.75, 3.05) is 32.1 Å². The Labute approximate surface area is 188 Å². The van der Waals surface area contributed by atoms with Gasteiger partial charge in [-0.1, -0.05) is 17.7 Å². The molecule has 0 aliphatic carbocycles. The van der Waals surface area contributed by atoms with E-state index in [-0.39, 0.29) is 17.4 Å². The Morgan fingerprint density at radius 2 is 1.97 bits per heavy atom. The molecule has 0 aromatic heterocycles. The van der Waals surface area contributed by atoms with Gasteiger partial charge in [0, 0.05) is 23.8 Å². The number of benzene rings is 2. The van der Waals surface area contributed by atoms with E-state index in [9.17, 15) is 22.4 Å². The van der Waals surface area contributed by atoms with Crippen molar-refractivity contribution in [2.45, 2.75) is 31.0 Å². The van der Waals surface area contributed by atoms with Gasteiger partial charge < -0.3 is 9.47 Å². The van der Waals surface area contributed by atoms with E-state index < -0.39 is 30.7 Å². The molecule has 0 saturated carbocycles. The maximum absolute atomic E-state index is 13.7. The van der Waals surface area contributed by atoms with Crippen molar-refractivity contribution in [3.05, 3.63) is 58.9 Å². The number of halogens is 5. The number of carbonyl (C=O) groups excluding carboxylic acids is 1. The van der Waals surface area contributed by atoms with E-state index in [1.165, 1.54) is 37.4 Å². The molecule has 2 aromatic carbocycles. The number of amides is 1. The SMILES string of the molecule is COc1cc([C@H]2CCCN(CC(OC(=O)Nc3ccc(Cl)cc3)C(F)(F)F)C2)ccc1F. The smallest absolute Gasteiger partial charge is 0.426 e. The zero-order valence-corrected chi connectivity index (χ0v) is 18.0. The summed E-state index contributed by atoms with van der Waals surface area (Å²) in [4.78, 5) is 13.7. The van der Waals surface area contributed by atoms with Gasteiger partial charge in [0.1, 0.15) is 0 Å². The van der Waals surface area contributed by atoms with Crippen molar-refractivity contribution in [2.24, 2.45) is 0 Å². The third kappa shape index (κ3) is 6.49. The average molecular weight is 475 g/mol. The molecule has 174 valence electrons. The third-order valence-corrected chi connectivity index (χ3v) is 5.53. The molecule has 1 aliphatic rings. The minimum absolute atomic E-state index is 0.0879. The summed E-state index contributed by atoms with van der Waals surface area (Å²) in [7, 11) is 1.36. The van der Waals surface area contributed by atoms with Crippen molar-refractivity contribution in [1.82, 2.24) is 4.90 Å². The van der Waals surface area contributed by atoms with Crippen LogP contribution in [0.5, 0.6) is 5.75 Å². The van der Waals surface area contributed by atoms with Crippen LogP contribution >= 0.6 is 11.6 Å². The fraction of sp³-hybridized carbons (Fsp3) is 0.409. The minimum Gasteiger partial charge on any atom is -0.494 e. The van der Waals surface area contributed by atoms with Crippen molar-refractivity contribution < 1.29 is 31.8 Å². The molecular formula is C22H23ClF4N2O3. The molecule has 5 nitrogen and oxygen atoms in total. The molecule has 2 aromatic rings. The highest BCUT2D eigenvalue weighted by atomic mass is 35.5. The summed E-state index contributed by atoms with van der Waals surface area (Å²) in [5.74, 6) is -0.494. The van der Waals surface area contributed by atoms with Crippen LogP contribution in [0.3, 0.4) is 0 Å². The fourth-order valence-corrected chi connectivity index (χ4v) is 3.80. The van der Waals surface area contributed by atoms with Gasteiger partial charge in [-0.05, 0) is 67.3 Å². The topological polar surface area (TPSA) is 50.8 Å². The molecule has 1 N–H and O–H groups in total. The number of hydrogen-bond donors (Lipinski definition) is 1. The number of nitrogens with one attached hydrogen (secondary N) is 1. The van der Waals surface area contributed by atoms with Gasteiger partial charge in [0.05, 0.1) is 7.11 Å². The Morgan fingerprint density at radius 1 is 1.25 bits per heavy atom. The first-order chi connectivity index (χ1) is 15.2. The van der Waals surface area contributed by atoms with Crippen LogP contribution in [-0.4, -0.2) is 50.0 Å². The standard InChI is InChI=1S/C22H23ClF4N2O3/c1-31-19-11-14(4-9-18(19)24)15-3-2-10-29(12-15)13-20(22(25,26)27)32-21(30)28-17-7-5-16(23)6-8-17/h4-9,11,15,20H,2-3,10,12-13H2,1H3,(H,28,30)/t15-,20?/m0/s1. The van der Waals surface area contributed by atoms with Crippen molar-refractivity contribution in [3.63, 3.8) is 0 Å². The quantitative estimate of drug-likeness (QED) is 0.534. The molecule has 1 saturated heterocycles. The predicted molar refractivity (Wildman–Crippen MR) is 113 cm³/mol. The third-order valence-electron chi connectivity index (χ3n) is 5.28. The molecule has 0 radical (unpaired) electrons. The summed E-state index contributed by atoms with van der Waals surface area (Å²) in [6, 6.07) is 10.4. The number of alkyl halides is 3. The summed E-state index contributed by atoms with van der Waals surface area (Å²) in [5, 5.41) is 2.70. The normalized spacial score (nSPS) is 18.1. The molecule has 1 amide bonds. The Balaban J connectivity index is 1.64. The van der Waals surface area contributed by atoms with E-state index in [4.69, 9.17) is 21.1 Å². The summed E-state index contributed by atoms with van der Waals surface area (Å²) in [6.45, 7) is 0.263. The lowest BCUT2D eigenvalue weighted by Gasteiger charge is -2.35. The van der Waals surface area contributed by atoms with Crippen LogP contribution in [0.25, 0.3) is 0 Å². The van der Waals surface area contributed by atoms with Crippen LogP contribution in [0.15, 0.2) is 42.5 Å². The van der Waals surface area contributed by atoms with Crippen LogP contribution in [0.4, 0.5) is 28.0 Å². The van der Waals surface area contributed by atoms with Crippen molar-refractivity contribution >= 4 is 23.4 Å². The second kappa shape index (κ2) is 10.4. The van der Waals surface area contributed by atoms with Gasteiger partial charge in [-0.3, -0.25) is 10.2 Å². The maximum Gasteiger partial charge on any atom is 0.426 e. The van der Waals surface area contributed by atoms with E-state index >= 15 is 0 Å². The molecule has 2 atom stereocenters. The molecule has 0 spiro atoms. The molecule has 10 heteroatoms. The Hall–Kier alpha value is -2.52. The molecule has 1 aliphatic heterocycles. The van der Waals surface area contributed by atoms with Crippen LogP contribution in [0, 0.1) is 5.82 Å². The van der Waals surface area contributed by atoms with E-state index in [2.05, 4.69) is 5.32 Å². The average Bonchev–Trinajstić information content (AvgIpc) is 2.75. The van der Waals surface area contributed by atoms with Gasteiger partial charge in [-0.2, -0.15) is 13.2 Å². The van der Waals surface area contributed by atoms with Gasteiger partial charge in [-0.25, -0.2) is 9.18 Å². The van der Waals surface area contributed by atoms with Crippen LogP contribution in [-0.2, 0) is 4.74 Å². The highest BCUT2D eigenvalue weighted by molar-refractivity contribution is 6.30. The zero-order valence-electron chi connectivity index (χ0n) is 17.3. The monoisotopic (exact) mass is 474 g/mol. The van der Waals surface area contributed by atoms with Gasteiger partial charge in [-0.15, -0.1) is 0 Å². The summed E-state index contributed by atoms with van der Waals surface area (Å²) in [6.07, 6.45) is -6.82. The van der Waals surface area contributed by atoms with Gasteiger partial charge >= 0.3 is 12.3 Å². The lowest BCUT2D eigenvalue weighted by atomic mass is 9.90. The number of methoxy groups -OCH3 is 1. The molecule has 1 unspecified atom stereocenters. The number of piperidine rings is 1. The van der Waals surface area contributed by atoms with E-state index in [0.717, 1.165) is 12.0 Å². The first kappa shape index (κ1) is 24.1. The van der Waals surface area contributed by atoms with E-state index in [0.29, 0.717) is 24.5 Å². The number of nitrogens with zero attached hydrogens (tertiary/aromatic N) is 1. The minimum atomic E-state index is -4.73. The largest absolute Gasteiger partial charge is 0.494 e. The number of likely N-dealkylation sites (tertiary alicyclic amines) is 1. The van der Waals surface area contributed by atoms with Crippen LogP contribution < -0.4 is 10.1 Å². The highest BCUT2D eigenvalue weighted by Crippen LogP contribution is 2.32. The first-order valence-electron chi connectivity index (χ1n) is 10.0. The molecule has 3 rings (SSSR count). The number of carbonyl (C=O) groups is 1. The number of hydrogen-bond acceptors (Lipinski definition) is 4. The Kier molecular flexibility index (Phi) is 7.84. The predicted octanol–water partition coefficient (Wildman–Crippen LogP) is 5.85. The number of ether oxygens (including phenoxy) is 2. The van der Waals surface area contributed by atoms with Gasteiger partial charge in [0.2, 0.25) is 6.10 Å². The lowest BCUT2D eigenvalue weighted by molar-refractivity contribution is -0.207. The van der Waals surface area contributed by atoms with Crippen molar-refractivity contribution in [3.8, 4) is 5.75 Å². The number of rotatable bonds is 6. The Morgan fingerprint density at radius 3 is 2.62 bits per heavy atom.